The zero-order valence-electron chi connectivity index (χ0n) is 21.2. The van der Waals surface area contributed by atoms with E-state index in [-0.39, 0.29) is 34.5 Å². The predicted molar refractivity (Wildman–Crippen MR) is 148 cm³/mol. The third kappa shape index (κ3) is 4.02. The number of phenols is 1. The minimum absolute atomic E-state index is 0.0365. The number of phenolic OH excluding ortho intramolecular Hbond substituents is 1. The fourth-order valence-electron chi connectivity index (χ4n) is 5.84. The number of pyridine rings is 1. The molecule has 2 aliphatic rings. The van der Waals surface area contributed by atoms with Crippen LogP contribution < -0.4 is 10.2 Å². The van der Waals surface area contributed by atoms with E-state index in [9.17, 15) is 14.7 Å². The first-order chi connectivity index (χ1) is 19.1. The molecule has 1 saturated heterocycles. The number of carbonyl (C=O) groups excluding carboxylic acids is 1. The van der Waals surface area contributed by atoms with Crippen molar-refractivity contribution in [2.75, 3.05) is 13.1 Å². The van der Waals surface area contributed by atoms with Crippen molar-refractivity contribution in [1.29, 1.82) is 0 Å². The molecule has 0 aliphatic carbocycles. The highest BCUT2D eigenvalue weighted by Crippen LogP contribution is 2.50. The van der Waals surface area contributed by atoms with Crippen LogP contribution in [0.4, 0.5) is 0 Å². The van der Waals surface area contributed by atoms with Crippen molar-refractivity contribution in [3.63, 3.8) is 0 Å². The van der Waals surface area contributed by atoms with Crippen molar-refractivity contribution in [2.24, 2.45) is 0 Å². The van der Waals surface area contributed by atoms with Crippen LogP contribution in [-0.4, -0.2) is 34.0 Å². The second-order valence-corrected chi connectivity index (χ2v) is 10.2. The lowest BCUT2D eigenvalue weighted by Gasteiger charge is -2.31. The van der Waals surface area contributed by atoms with Crippen LogP contribution in [0.2, 0.25) is 0 Å². The van der Waals surface area contributed by atoms with Gasteiger partial charge in [0, 0.05) is 59.6 Å². The summed E-state index contributed by atoms with van der Waals surface area (Å²) in [7, 11) is 0. The fraction of sp³-hybridized carbons (Fsp3) is 0.219. The summed E-state index contributed by atoms with van der Waals surface area (Å²) in [5.74, 6) is 0.423. The van der Waals surface area contributed by atoms with Crippen LogP contribution in [0, 0.1) is 0 Å². The van der Waals surface area contributed by atoms with Gasteiger partial charge in [-0.3, -0.25) is 9.59 Å². The summed E-state index contributed by atoms with van der Waals surface area (Å²) < 4.78 is 12.6. The third-order valence-electron chi connectivity index (χ3n) is 7.77. The highest BCUT2D eigenvalue weighted by Gasteiger charge is 2.36. The number of rotatable bonds is 3. The van der Waals surface area contributed by atoms with Crippen molar-refractivity contribution >= 4 is 27.8 Å². The lowest BCUT2D eigenvalue weighted by atomic mass is 9.84. The smallest absolute Gasteiger partial charge is 0.223 e. The number of fused-ring (bicyclic) bond motifs is 5. The van der Waals surface area contributed by atoms with Gasteiger partial charge in [0.05, 0.1) is 5.52 Å². The molecule has 39 heavy (non-hydrogen) atoms. The fourth-order valence-corrected chi connectivity index (χ4v) is 5.84. The van der Waals surface area contributed by atoms with E-state index in [1.54, 1.807) is 0 Å². The molecule has 0 spiro atoms. The molecule has 1 fully saturated rings. The van der Waals surface area contributed by atoms with Crippen LogP contribution in [0.1, 0.15) is 42.7 Å². The van der Waals surface area contributed by atoms with Gasteiger partial charge in [-0.05, 0) is 31.4 Å². The van der Waals surface area contributed by atoms with Crippen molar-refractivity contribution in [1.82, 2.24) is 9.88 Å². The van der Waals surface area contributed by atoms with Crippen LogP contribution in [0.25, 0.3) is 33.2 Å². The van der Waals surface area contributed by atoms with E-state index < -0.39 is 5.92 Å². The van der Waals surface area contributed by atoms with Crippen LogP contribution in [0.5, 0.6) is 17.4 Å². The van der Waals surface area contributed by atoms with Crippen LogP contribution in [-0.2, 0) is 4.79 Å². The van der Waals surface area contributed by atoms with E-state index >= 15 is 0 Å². The summed E-state index contributed by atoms with van der Waals surface area (Å²) in [4.78, 5) is 33.6. The maximum atomic E-state index is 13.6. The van der Waals surface area contributed by atoms with Crippen LogP contribution in [0.15, 0.2) is 82.0 Å². The van der Waals surface area contributed by atoms with Gasteiger partial charge in [0.1, 0.15) is 28.2 Å². The summed E-state index contributed by atoms with van der Waals surface area (Å²) in [6.07, 6.45) is 3.28. The van der Waals surface area contributed by atoms with Gasteiger partial charge in [-0.15, -0.1) is 0 Å². The number of likely N-dealkylation sites (tertiary alicyclic amines) is 1. The normalized spacial score (nSPS) is 16.5. The molecule has 0 radical (unpaired) electrons. The van der Waals surface area contributed by atoms with Gasteiger partial charge in [-0.25, -0.2) is 4.98 Å². The molecule has 0 bridgehead atoms. The number of hydrogen-bond acceptors (Lipinski definition) is 6. The number of aromatic nitrogens is 1. The minimum Gasteiger partial charge on any atom is -0.507 e. The van der Waals surface area contributed by atoms with Gasteiger partial charge in [-0.2, -0.15) is 0 Å². The Kier molecular flexibility index (Phi) is 5.58. The number of hydrogen-bond donors (Lipinski definition) is 1. The molecule has 7 rings (SSSR count). The quantitative estimate of drug-likeness (QED) is 0.299. The zero-order valence-corrected chi connectivity index (χ0v) is 21.2. The first-order valence-electron chi connectivity index (χ1n) is 13.3. The van der Waals surface area contributed by atoms with Gasteiger partial charge in [0.15, 0.2) is 5.43 Å². The molecule has 194 valence electrons. The number of ether oxygens (including phenoxy) is 1. The standard InChI is InChI=1S/C32H26N2O5/c35-24-17-26(19-9-3-1-4-10-19)38-31-29-21(16-28(37)34-13-7-2-8-14-34)22-15-20-11-5-6-12-23(20)33-32(22)39-27(29)18-25(36)30(24)31/h1,3-6,9-12,15,17-18,21,36H,2,7-8,13-14,16H2/t21-/m1/s1. The number of amides is 1. The van der Waals surface area contributed by atoms with Gasteiger partial charge < -0.3 is 19.2 Å². The van der Waals surface area contributed by atoms with Gasteiger partial charge in [0.25, 0.3) is 0 Å². The molecule has 7 nitrogen and oxygen atoms in total. The molecule has 7 heteroatoms. The Labute approximate surface area is 224 Å². The molecule has 0 unspecified atom stereocenters. The van der Waals surface area contributed by atoms with E-state index in [0.29, 0.717) is 23.0 Å². The molecule has 0 saturated carbocycles. The van der Waals surface area contributed by atoms with Crippen LogP contribution >= 0.6 is 0 Å². The summed E-state index contributed by atoms with van der Waals surface area (Å²) in [6.45, 7) is 1.47. The Hall–Kier alpha value is -4.65. The van der Waals surface area contributed by atoms with Crippen molar-refractivity contribution < 1.29 is 19.1 Å². The Morgan fingerprint density at radius 3 is 2.56 bits per heavy atom. The highest BCUT2D eigenvalue weighted by atomic mass is 16.5. The SMILES string of the molecule is O=C(C[C@@H]1c2cc3ccccc3nc2Oc2cc(O)c3c(=O)cc(-c4ccccc4)oc3c21)N1CCCCC1. The Morgan fingerprint density at radius 2 is 1.74 bits per heavy atom. The maximum Gasteiger partial charge on any atom is 0.223 e. The van der Waals surface area contributed by atoms with E-state index in [1.807, 2.05) is 65.6 Å². The number of para-hydroxylation sites is 1. The Balaban J connectivity index is 1.47. The average Bonchev–Trinajstić information content (AvgIpc) is 2.96. The van der Waals surface area contributed by atoms with Crippen molar-refractivity contribution in [2.45, 2.75) is 31.6 Å². The number of carbonyl (C=O) groups is 1. The van der Waals surface area contributed by atoms with Gasteiger partial charge >= 0.3 is 0 Å². The summed E-state index contributed by atoms with van der Waals surface area (Å²) in [5, 5.41) is 11.9. The monoisotopic (exact) mass is 518 g/mol. The lowest BCUT2D eigenvalue weighted by molar-refractivity contribution is -0.132. The number of nitrogens with zero attached hydrogens (tertiary/aromatic N) is 2. The van der Waals surface area contributed by atoms with E-state index in [1.165, 1.54) is 12.1 Å². The molecule has 2 aliphatic heterocycles. The third-order valence-corrected chi connectivity index (χ3v) is 7.77. The first kappa shape index (κ1) is 23.5. The van der Waals surface area contributed by atoms with Gasteiger partial charge in [-0.1, -0.05) is 48.5 Å². The van der Waals surface area contributed by atoms with E-state index in [2.05, 4.69) is 0 Å². The second kappa shape index (κ2) is 9.27. The molecule has 1 N–H and O–H groups in total. The summed E-state index contributed by atoms with van der Waals surface area (Å²) in [5.41, 5.74) is 2.70. The Bertz CT molecular complexity index is 1810. The molecular formula is C32H26N2O5. The maximum absolute atomic E-state index is 13.6. The molecule has 2 aromatic heterocycles. The number of benzene rings is 3. The summed E-state index contributed by atoms with van der Waals surface area (Å²) >= 11 is 0. The number of piperidine rings is 1. The van der Waals surface area contributed by atoms with Crippen molar-refractivity contribution in [3.8, 4) is 28.7 Å². The van der Waals surface area contributed by atoms with Crippen molar-refractivity contribution in [3.05, 3.63) is 94.1 Å². The minimum atomic E-state index is -0.479. The van der Waals surface area contributed by atoms with E-state index in [4.69, 9.17) is 14.1 Å². The lowest BCUT2D eigenvalue weighted by Crippen LogP contribution is -2.36. The summed E-state index contributed by atoms with van der Waals surface area (Å²) in [6, 6.07) is 21.9. The van der Waals surface area contributed by atoms with E-state index in [0.717, 1.165) is 54.4 Å². The largest absolute Gasteiger partial charge is 0.507 e. The van der Waals surface area contributed by atoms with Crippen LogP contribution in [0.3, 0.4) is 0 Å². The molecule has 1 atom stereocenters. The molecule has 3 aromatic carbocycles. The molecular weight excluding hydrogens is 492 g/mol. The molecule has 4 heterocycles. The number of aromatic hydroxyl groups is 1. The van der Waals surface area contributed by atoms with Gasteiger partial charge in [0.2, 0.25) is 11.8 Å². The average molecular weight is 519 g/mol. The molecule has 1 amide bonds. The zero-order chi connectivity index (χ0) is 26.5. The topological polar surface area (TPSA) is 92.9 Å². The first-order valence-corrected chi connectivity index (χ1v) is 13.3. The highest BCUT2D eigenvalue weighted by molar-refractivity contribution is 5.92. The molecule has 5 aromatic rings. The second-order valence-electron chi connectivity index (χ2n) is 10.2. The predicted octanol–water partition coefficient (Wildman–Crippen LogP) is 6.35. The Morgan fingerprint density at radius 1 is 0.974 bits per heavy atom.